The smallest absolute Gasteiger partial charge is 0.374 e. The summed E-state index contributed by atoms with van der Waals surface area (Å²) in [6.45, 7) is 3.29. The summed E-state index contributed by atoms with van der Waals surface area (Å²) in [5.74, 6) is -1.41. The molecule has 0 aliphatic rings. The second-order valence-electron chi connectivity index (χ2n) is 4.07. The van der Waals surface area contributed by atoms with Gasteiger partial charge in [-0.1, -0.05) is 17.3 Å². The standard InChI is InChI=1S/C13H12FNO3/c1-7-3-4-9(8(2)14)5-10(7)11-6-12(13(16)17)18-15-11/h3-6,8H,1-2H3,(H,16,17). The van der Waals surface area contributed by atoms with Crippen LogP contribution in [0.1, 0.15) is 34.8 Å². The maximum atomic E-state index is 13.3. The highest BCUT2D eigenvalue weighted by Crippen LogP contribution is 2.27. The molecule has 0 spiro atoms. The van der Waals surface area contributed by atoms with E-state index in [9.17, 15) is 9.18 Å². The van der Waals surface area contributed by atoms with Gasteiger partial charge in [-0.2, -0.15) is 0 Å². The van der Waals surface area contributed by atoms with Gasteiger partial charge in [-0.05, 0) is 31.0 Å². The van der Waals surface area contributed by atoms with Gasteiger partial charge in [0, 0.05) is 11.6 Å². The van der Waals surface area contributed by atoms with Crippen LogP contribution in [0, 0.1) is 6.92 Å². The molecule has 0 amide bonds. The molecule has 1 aromatic heterocycles. The highest BCUT2D eigenvalue weighted by atomic mass is 19.1. The van der Waals surface area contributed by atoms with Crippen LogP contribution in [0.25, 0.3) is 11.3 Å². The van der Waals surface area contributed by atoms with Crippen molar-refractivity contribution in [1.29, 1.82) is 0 Å². The molecule has 94 valence electrons. The SMILES string of the molecule is Cc1ccc(C(C)F)cc1-c1cc(C(=O)O)on1. The van der Waals surface area contributed by atoms with Crippen molar-refractivity contribution in [2.75, 3.05) is 0 Å². The minimum Gasteiger partial charge on any atom is -0.475 e. The summed E-state index contributed by atoms with van der Waals surface area (Å²) in [5, 5.41) is 12.5. The first-order valence-electron chi connectivity index (χ1n) is 5.44. The lowest BCUT2D eigenvalue weighted by Crippen LogP contribution is -1.92. The van der Waals surface area contributed by atoms with E-state index < -0.39 is 12.1 Å². The summed E-state index contributed by atoms with van der Waals surface area (Å²) in [5.41, 5.74) is 2.47. The number of aromatic nitrogens is 1. The topological polar surface area (TPSA) is 63.3 Å². The maximum Gasteiger partial charge on any atom is 0.374 e. The fraction of sp³-hybridized carbons (Fsp3) is 0.231. The highest BCUT2D eigenvalue weighted by Gasteiger charge is 2.15. The van der Waals surface area contributed by atoms with Crippen molar-refractivity contribution in [3.63, 3.8) is 0 Å². The van der Waals surface area contributed by atoms with E-state index in [-0.39, 0.29) is 5.76 Å². The summed E-state index contributed by atoms with van der Waals surface area (Å²) in [6, 6.07) is 6.46. The van der Waals surface area contributed by atoms with E-state index in [0.717, 1.165) is 5.56 Å². The molecule has 18 heavy (non-hydrogen) atoms. The van der Waals surface area contributed by atoms with E-state index in [1.54, 1.807) is 18.2 Å². The molecule has 0 aliphatic carbocycles. The van der Waals surface area contributed by atoms with E-state index in [1.165, 1.54) is 13.0 Å². The molecule has 2 aromatic rings. The molecular weight excluding hydrogens is 237 g/mol. The van der Waals surface area contributed by atoms with E-state index >= 15 is 0 Å². The molecule has 0 bridgehead atoms. The Morgan fingerprint density at radius 1 is 1.44 bits per heavy atom. The van der Waals surface area contributed by atoms with Gasteiger partial charge < -0.3 is 9.63 Å². The number of aromatic carboxylic acids is 1. The highest BCUT2D eigenvalue weighted by molar-refractivity contribution is 5.85. The van der Waals surface area contributed by atoms with Gasteiger partial charge in [0.15, 0.2) is 0 Å². The second-order valence-corrected chi connectivity index (χ2v) is 4.07. The molecule has 1 N–H and O–H groups in total. The van der Waals surface area contributed by atoms with Crippen LogP contribution in [0.15, 0.2) is 28.8 Å². The molecule has 1 atom stereocenters. The summed E-state index contributed by atoms with van der Waals surface area (Å²) in [4.78, 5) is 10.7. The van der Waals surface area contributed by atoms with Crippen molar-refractivity contribution in [2.45, 2.75) is 20.0 Å². The number of nitrogens with zero attached hydrogens (tertiary/aromatic N) is 1. The van der Waals surface area contributed by atoms with E-state index in [0.29, 0.717) is 16.8 Å². The molecule has 1 unspecified atom stereocenters. The fourth-order valence-electron chi connectivity index (χ4n) is 1.67. The first kappa shape index (κ1) is 12.3. The Balaban J connectivity index is 2.48. The lowest BCUT2D eigenvalue weighted by atomic mass is 10.0. The summed E-state index contributed by atoms with van der Waals surface area (Å²) in [6.07, 6.45) is -1.09. The molecule has 5 heteroatoms. The Hall–Kier alpha value is -2.17. The third kappa shape index (κ3) is 2.25. The number of carboxylic acid groups (broad SMARTS) is 1. The molecular formula is C13H12FNO3. The van der Waals surface area contributed by atoms with Crippen LogP contribution in [0.2, 0.25) is 0 Å². The number of carbonyl (C=O) groups is 1. The van der Waals surface area contributed by atoms with Crippen LogP contribution in [-0.2, 0) is 0 Å². The lowest BCUT2D eigenvalue weighted by Gasteiger charge is -2.07. The van der Waals surface area contributed by atoms with Crippen molar-refractivity contribution < 1.29 is 18.8 Å². The maximum absolute atomic E-state index is 13.3. The number of aryl methyl sites for hydroxylation is 1. The van der Waals surface area contributed by atoms with Gasteiger partial charge in [0.05, 0.1) is 0 Å². The van der Waals surface area contributed by atoms with Gasteiger partial charge in [-0.3, -0.25) is 0 Å². The molecule has 0 radical (unpaired) electrons. The molecule has 1 aromatic carbocycles. The van der Waals surface area contributed by atoms with Crippen molar-refractivity contribution in [3.8, 4) is 11.3 Å². The first-order valence-corrected chi connectivity index (χ1v) is 5.44. The molecule has 0 aliphatic heterocycles. The Kier molecular flexibility index (Phi) is 3.14. The summed E-state index contributed by atoms with van der Waals surface area (Å²) in [7, 11) is 0. The van der Waals surface area contributed by atoms with Crippen LogP contribution >= 0.6 is 0 Å². The Morgan fingerprint density at radius 2 is 2.17 bits per heavy atom. The van der Waals surface area contributed by atoms with Crippen LogP contribution in [-0.4, -0.2) is 16.2 Å². The number of hydrogen-bond donors (Lipinski definition) is 1. The van der Waals surface area contributed by atoms with Gasteiger partial charge in [-0.25, -0.2) is 9.18 Å². The molecule has 2 rings (SSSR count). The molecule has 0 saturated heterocycles. The van der Waals surface area contributed by atoms with Gasteiger partial charge >= 0.3 is 5.97 Å². The zero-order chi connectivity index (χ0) is 13.3. The van der Waals surface area contributed by atoms with Gasteiger partial charge in [0.2, 0.25) is 5.76 Å². The first-order chi connectivity index (χ1) is 8.49. The lowest BCUT2D eigenvalue weighted by molar-refractivity contribution is 0.0652. The van der Waals surface area contributed by atoms with E-state index in [4.69, 9.17) is 9.63 Å². The number of hydrogen-bond acceptors (Lipinski definition) is 3. The third-order valence-corrected chi connectivity index (χ3v) is 2.72. The largest absolute Gasteiger partial charge is 0.475 e. The monoisotopic (exact) mass is 249 g/mol. The molecule has 1 heterocycles. The van der Waals surface area contributed by atoms with E-state index in [2.05, 4.69) is 5.16 Å². The number of halogens is 1. The van der Waals surface area contributed by atoms with Gasteiger partial charge in [0.25, 0.3) is 0 Å². The average molecular weight is 249 g/mol. The Morgan fingerprint density at radius 3 is 2.72 bits per heavy atom. The molecule has 0 fully saturated rings. The molecule has 4 nitrogen and oxygen atoms in total. The number of benzene rings is 1. The van der Waals surface area contributed by atoms with Crippen molar-refractivity contribution >= 4 is 5.97 Å². The predicted molar refractivity (Wildman–Crippen MR) is 63.2 cm³/mol. The summed E-state index contributed by atoms with van der Waals surface area (Å²) < 4.78 is 17.9. The minimum atomic E-state index is -1.18. The predicted octanol–water partition coefficient (Wildman–Crippen LogP) is 3.38. The van der Waals surface area contributed by atoms with Crippen LogP contribution < -0.4 is 0 Å². The van der Waals surface area contributed by atoms with Crippen LogP contribution in [0.3, 0.4) is 0 Å². The summed E-state index contributed by atoms with van der Waals surface area (Å²) >= 11 is 0. The number of alkyl halides is 1. The minimum absolute atomic E-state index is 0.233. The third-order valence-electron chi connectivity index (χ3n) is 2.72. The number of rotatable bonds is 3. The Labute approximate surface area is 103 Å². The van der Waals surface area contributed by atoms with Crippen molar-refractivity contribution in [1.82, 2.24) is 5.16 Å². The zero-order valence-corrected chi connectivity index (χ0v) is 9.98. The quantitative estimate of drug-likeness (QED) is 0.905. The number of carboxylic acids is 1. The Bertz CT molecular complexity index is 590. The zero-order valence-electron chi connectivity index (χ0n) is 9.98. The van der Waals surface area contributed by atoms with Crippen LogP contribution in [0.5, 0.6) is 0 Å². The van der Waals surface area contributed by atoms with Crippen molar-refractivity contribution in [2.24, 2.45) is 0 Å². The van der Waals surface area contributed by atoms with Crippen molar-refractivity contribution in [3.05, 3.63) is 41.2 Å². The second kappa shape index (κ2) is 4.60. The average Bonchev–Trinajstić information content (AvgIpc) is 2.78. The van der Waals surface area contributed by atoms with Crippen LogP contribution in [0.4, 0.5) is 4.39 Å². The van der Waals surface area contributed by atoms with E-state index in [1.807, 2.05) is 6.92 Å². The molecule has 0 saturated carbocycles. The fourth-order valence-corrected chi connectivity index (χ4v) is 1.67. The van der Waals surface area contributed by atoms with Gasteiger partial charge in [-0.15, -0.1) is 0 Å². The normalized spacial score (nSPS) is 12.4. The van der Waals surface area contributed by atoms with Gasteiger partial charge in [0.1, 0.15) is 11.9 Å².